The summed E-state index contributed by atoms with van der Waals surface area (Å²) in [4.78, 5) is 12.5. The number of sulfonamides is 1. The summed E-state index contributed by atoms with van der Waals surface area (Å²) in [6, 6.07) is 14.4. The average Bonchev–Trinajstić information content (AvgIpc) is 3.20. The zero-order chi connectivity index (χ0) is 20.7. The Labute approximate surface area is 171 Å². The lowest BCUT2D eigenvalue weighted by molar-refractivity contribution is 0.0680. The zero-order valence-electron chi connectivity index (χ0n) is 16.4. The Bertz CT molecular complexity index is 922. The molecule has 3 rings (SSSR count). The first kappa shape index (κ1) is 21.3. The SMILES string of the molecule is CS(=O)(=O)NCCc1ccc(C(=O)Nc2cccc(OC[C@@H]3CCCO3)c2)cc1. The van der Waals surface area contributed by atoms with Gasteiger partial charge in [-0.1, -0.05) is 18.2 Å². The van der Waals surface area contributed by atoms with Crippen molar-refractivity contribution in [2.24, 2.45) is 0 Å². The van der Waals surface area contributed by atoms with Crippen LogP contribution in [0.4, 0.5) is 5.69 Å². The molecule has 0 aromatic heterocycles. The lowest BCUT2D eigenvalue weighted by Crippen LogP contribution is -2.24. The van der Waals surface area contributed by atoms with Crippen LogP contribution in [0.1, 0.15) is 28.8 Å². The molecule has 2 aromatic carbocycles. The van der Waals surface area contributed by atoms with Crippen molar-refractivity contribution in [3.05, 3.63) is 59.7 Å². The first-order chi connectivity index (χ1) is 13.9. The molecule has 0 spiro atoms. The highest BCUT2D eigenvalue weighted by molar-refractivity contribution is 7.88. The Morgan fingerprint density at radius 2 is 2.00 bits per heavy atom. The quantitative estimate of drug-likeness (QED) is 0.653. The third-order valence-electron chi connectivity index (χ3n) is 4.55. The lowest BCUT2D eigenvalue weighted by Gasteiger charge is -2.12. The van der Waals surface area contributed by atoms with Crippen LogP contribution in [0.3, 0.4) is 0 Å². The minimum absolute atomic E-state index is 0.138. The van der Waals surface area contributed by atoms with Crippen LogP contribution in [-0.2, 0) is 21.2 Å². The molecule has 1 aliphatic rings. The number of carbonyl (C=O) groups excluding carboxylic acids is 1. The Kier molecular flexibility index (Phi) is 7.24. The van der Waals surface area contributed by atoms with Gasteiger partial charge in [0.2, 0.25) is 10.0 Å². The number of ether oxygens (including phenoxy) is 2. The van der Waals surface area contributed by atoms with Crippen molar-refractivity contribution in [2.45, 2.75) is 25.4 Å². The van der Waals surface area contributed by atoms with Gasteiger partial charge in [-0.15, -0.1) is 0 Å². The van der Waals surface area contributed by atoms with Crippen LogP contribution < -0.4 is 14.8 Å². The van der Waals surface area contributed by atoms with Gasteiger partial charge in [0, 0.05) is 30.5 Å². The standard InChI is InChI=1S/C21H26N2O5S/c1-29(25,26)22-12-11-16-7-9-17(10-8-16)21(24)23-18-4-2-5-19(14-18)28-15-20-6-3-13-27-20/h2,4-5,7-10,14,20,22H,3,6,11-13,15H2,1H3,(H,23,24)/t20-/m0/s1. The Balaban J connectivity index is 1.52. The molecule has 1 atom stereocenters. The second-order valence-corrected chi connectivity index (χ2v) is 8.87. The van der Waals surface area contributed by atoms with Gasteiger partial charge in [-0.3, -0.25) is 4.79 Å². The monoisotopic (exact) mass is 418 g/mol. The molecule has 1 amide bonds. The lowest BCUT2D eigenvalue weighted by atomic mass is 10.1. The van der Waals surface area contributed by atoms with E-state index in [1.165, 1.54) is 0 Å². The summed E-state index contributed by atoms with van der Waals surface area (Å²) in [7, 11) is -3.19. The van der Waals surface area contributed by atoms with Crippen LogP contribution >= 0.6 is 0 Å². The van der Waals surface area contributed by atoms with Gasteiger partial charge >= 0.3 is 0 Å². The summed E-state index contributed by atoms with van der Waals surface area (Å²) in [5.74, 6) is 0.467. The van der Waals surface area contributed by atoms with Gasteiger partial charge in [-0.25, -0.2) is 13.1 Å². The fourth-order valence-electron chi connectivity index (χ4n) is 3.04. The maximum Gasteiger partial charge on any atom is 0.255 e. The van der Waals surface area contributed by atoms with E-state index in [4.69, 9.17) is 9.47 Å². The molecule has 2 aromatic rings. The molecule has 156 valence electrons. The fourth-order valence-corrected chi connectivity index (χ4v) is 3.51. The third-order valence-corrected chi connectivity index (χ3v) is 5.27. The summed E-state index contributed by atoms with van der Waals surface area (Å²) >= 11 is 0. The smallest absolute Gasteiger partial charge is 0.255 e. The third kappa shape index (κ3) is 7.16. The van der Waals surface area contributed by atoms with E-state index in [9.17, 15) is 13.2 Å². The number of nitrogens with one attached hydrogen (secondary N) is 2. The Morgan fingerprint density at radius 3 is 2.69 bits per heavy atom. The van der Waals surface area contributed by atoms with Gasteiger partial charge in [-0.05, 0) is 49.1 Å². The first-order valence-electron chi connectivity index (χ1n) is 9.58. The number of amides is 1. The van der Waals surface area contributed by atoms with Crippen LogP contribution in [0.15, 0.2) is 48.5 Å². The highest BCUT2D eigenvalue weighted by atomic mass is 32.2. The van der Waals surface area contributed by atoms with E-state index in [2.05, 4.69) is 10.0 Å². The van der Waals surface area contributed by atoms with Crippen LogP contribution in [0, 0.1) is 0 Å². The summed E-state index contributed by atoms with van der Waals surface area (Å²) in [5.41, 5.74) is 2.12. The van der Waals surface area contributed by atoms with E-state index >= 15 is 0 Å². The molecule has 0 unspecified atom stereocenters. The minimum atomic E-state index is -3.19. The van der Waals surface area contributed by atoms with Gasteiger partial charge in [0.15, 0.2) is 0 Å². The largest absolute Gasteiger partial charge is 0.491 e. The number of hydrogen-bond acceptors (Lipinski definition) is 5. The Hall–Kier alpha value is -2.42. The van der Waals surface area contributed by atoms with E-state index < -0.39 is 10.0 Å². The molecule has 0 aliphatic carbocycles. The summed E-state index contributed by atoms with van der Waals surface area (Å²) in [5, 5.41) is 2.87. The second-order valence-electron chi connectivity index (χ2n) is 7.04. The van der Waals surface area contributed by atoms with E-state index in [0.717, 1.165) is 31.3 Å². The normalized spacial score (nSPS) is 16.5. The van der Waals surface area contributed by atoms with Gasteiger partial charge < -0.3 is 14.8 Å². The molecular formula is C21H26N2O5S. The molecule has 2 N–H and O–H groups in total. The predicted molar refractivity (Wildman–Crippen MR) is 112 cm³/mol. The molecule has 1 aliphatic heterocycles. The van der Waals surface area contributed by atoms with Gasteiger partial charge in [0.1, 0.15) is 12.4 Å². The summed E-state index contributed by atoms with van der Waals surface area (Å²) < 4.78 is 35.9. The van der Waals surface area contributed by atoms with Crippen molar-refractivity contribution in [3.63, 3.8) is 0 Å². The molecule has 8 heteroatoms. The summed E-state index contributed by atoms with van der Waals surface area (Å²) in [6.07, 6.45) is 3.90. The number of hydrogen-bond donors (Lipinski definition) is 2. The number of benzene rings is 2. The van der Waals surface area contributed by atoms with Crippen LogP contribution in [0.25, 0.3) is 0 Å². The molecule has 1 saturated heterocycles. The molecule has 0 radical (unpaired) electrons. The topological polar surface area (TPSA) is 93.7 Å². The van der Waals surface area contributed by atoms with Crippen LogP contribution in [0.2, 0.25) is 0 Å². The molecule has 7 nitrogen and oxygen atoms in total. The second kappa shape index (κ2) is 9.87. The van der Waals surface area contributed by atoms with Crippen molar-refractivity contribution >= 4 is 21.6 Å². The van der Waals surface area contributed by atoms with Crippen molar-refractivity contribution in [1.29, 1.82) is 0 Å². The van der Waals surface area contributed by atoms with E-state index in [1.54, 1.807) is 18.2 Å². The molecule has 1 fully saturated rings. The number of anilines is 1. The number of rotatable bonds is 9. The van der Waals surface area contributed by atoms with Gasteiger partial charge in [0.25, 0.3) is 5.91 Å². The summed E-state index contributed by atoms with van der Waals surface area (Å²) in [6.45, 7) is 1.62. The minimum Gasteiger partial charge on any atom is -0.491 e. The van der Waals surface area contributed by atoms with Crippen LogP contribution in [0.5, 0.6) is 5.75 Å². The number of carbonyl (C=O) groups is 1. The predicted octanol–water partition coefficient (Wildman–Crippen LogP) is 2.59. The maximum absolute atomic E-state index is 12.5. The maximum atomic E-state index is 12.5. The van der Waals surface area contributed by atoms with Crippen molar-refractivity contribution in [1.82, 2.24) is 4.72 Å². The molecule has 0 saturated carbocycles. The fraction of sp³-hybridized carbons (Fsp3) is 0.381. The van der Waals surface area contributed by atoms with Crippen LogP contribution in [-0.4, -0.2) is 46.4 Å². The van der Waals surface area contributed by atoms with Crippen molar-refractivity contribution in [3.8, 4) is 5.75 Å². The van der Waals surface area contributed by atoms with Gasteiger partial charge in [0.05, 0.1) is 12.4 Å². The molecule has 1 heterocycles. The molecular weight excluding hydrogens is 392 g/mol. The van der Waals surface area contributed by atoms with E-state index in [-0.39, 0.29) is 12.0 Å². The van der Waals surface area contributed by atoms with Crippen molar-refractivity contribution in [2.75, 3.05) is 31.3 Å². The van der Waals surface area contributed by atoms with E-state index in [1.807, 2.05) is 30.3 Å². The first-order valence-corrected chi connectivity index (χ1v) is 11.5. The van der Waals surface area contributed by atoms with Crippen molar-refractivity contribution < 1.29 is 22.7 Å². The highest BCUT2D eigenvalue weighted by Gasteiger charge is 2.16. The van der Waals surface area contributed by atoms with E-state index in [0.29, 0.717) is 36.6 Å². The Morgan fingerprint density at radius 1 is 1.21 bits per heavy atom. The highest BCUT2D eigenvalue weighted by Crippen LogP contribution is 2.20. The molecule has 29 heavy (non-hydrogen) atoms. The zero-order valence-corrected chi connectivity index (χ0v) is 17.2. The average molecular weight is 419 g/mol. The molecule has 0 bridgehead atoms. The van der Waals surface area contributed by atoms with Gasteiger partial charge in [-0.2, -0.15) is 0 Å².